The number of pyridine rings is 1. The van der Waals surface area contributed by atoms with Crippen LogP contribution in [0, 0.1) is 0 Å². The number of imidazole rings is 1. The summed E-state index contributed by atoms with van der Waals surface area (Å²) in [5.41, 5.74) is 10.6. The Morgan fingerprint density at radius 1 is 1.18 bits per heavy atom. The van der Waals surface area contributed by atoms with Gasteiger partial charge in [-0.2, -0.15) is 9.61 Å². The number of fused-ring (bicyclic) bond motifs is 3. The maximum Gasteiger partial charge on any atom is 0.210 e. The monoisotopic (exact) mass is 456 g/mol. The zero-order valence-electron chi connectivity index (χ0n) is 18.7. The summed E-state index contributed by atoms with van der Waals surface area (Å²) >= 11 is 0. The van der Waals surface area contributed by atoms with E-state index in [2.05, 4.69) is 20.1 Å². The van der Waals surface area contributed by atoms with Gasteiger partial charge in [0.2, 0.25) is 6.41 Å². The highest BCUT2D eigenvalue weighted by molar-refractivity contribution is 6.00. The second-order valence-electron chi connectivity index (χ2n) is 9.08. The molecule has 34 heavy (non-hydrogen) atoms. The highest BCUT2D eigenvalue weighted by Gasteiger charge is 2.42. The predicted molar refractivity (Wildman–Crippen MR) is 125 cm³/mol. The minimum absolute atomic E-state index is 0.0575. The lowest BCUT2D eigenvalue weighted by Gasteiger charge is -2.36. The molecule has 4 aromatic rings. The molecular weight excluding hydrogens is 432 g/mol. The highest BCUT2D eigenvalue weighted by Crippen LogP contribution is 2.43. The van der Waals surface area contributed by atoms with Crippen molar-refractivity contribution in [2.45, 2.75) is 50.6 Å². The number of H-pyrrole nitrogens is 1. The first-order valence-electron chi connectivity index (χ1n) is 11.4. The Kier molecular flexibility index (Phi) is 4.68. The summed E-state index contributed by atoms with van der Waals surface area (Å²) in [4.78, 5) is 42.9. The van der Waals surface area contributed by atoms with Crippen molar-refractivity contribution in [3.05, 3.63) is 48.2 Å². The van der Waals surface area contributed by atoms with Gasteiger partial charge in [-0.05, 0) is 38.7 Å². The number of rotatable bonds is 5. The van der Waals surface area contributed by atoms with Crippen molar-refractivity contribution < 1.29 is 9.59 Å². The van der Waals surface area contributed by atoms with Crippen LogP contribution in [-0.2, 0) is 4.79 Å². The number of amides is 1. The number of nitrogen functional groups attached to an aromatic ring is 1. The third-order valence-electron chi connectivity index (χ3n) is 7.18. The molecule has 2 bridgehead atoms. The molecule has 0 spiro atoms. The van der Waals surface area contributed by atoms with E-state index < -0.39 is 0 Å². The molecule has 2 aliphatic heterocycles. The normalized spacial score (nSPS) is 21.8. The molecule has 0 aromatic carbocycles. The molecule has 10 heteroatoms. The summed E-state index contributed by atoms with van der Waals surface area (Å²) in [6.45, 7) is 1.51. The van der Waals surface area contributed by atoms with Crippen LogP contribution in [0.1, 0.15) is 54.6 Å². The van der Waals surface area contributed by atoms with E-state index in [0.29, 0.717) is 28.5 Å². The molecule has 2 aliphatic rings. The van der Waals surface area contributed by atoms with Crippen LogP contribution in [0.15, 0.2) is 36.9 Å². The lowest BCUT2D eigenvalue weighted by Crippen LogP contribution is -2.41. The van der Waals surface area contributed by atoms with Gasteiger partial charge in [0.1, 0.15) is 11.5 Å². The summed E-state index contributed by atoms with van der Waals surface area (Å²) in [7, 11) is 0. The number of ketones is 1. The molecule has 2 saturated heterocycles. The first-order chi connectivity index (χ1) is 16.5. The molecule has 0 aliphatic carbocycles. The standard InChI is InChI=1S/C24H24N8O2/c1-13(34)20-21(15-8-16-3-4-17(9-15)31(16)12-33)30-24-18(11-29-32(24)22(20)25)14-2-5-19(28-10-14)23-26-6-7-27-23/h2,5-7,10-12,15-17H,3-4,8-9,25H2,1H3,(H,26,27)/t15?,16-,17+. The van der Waals surface area contributed by atoms with Crippen LogP contribution in [0.4, 0.5) is 5.82 Å². The molecule has 1 unspecified atom stereocenters. The topological polar surface area (TPSA) is 135 Å². The number of hydrogen-bond acceptors (Lipinski definition) is 7. The first-order valence-corrected chi connectivity index (χ1v) is 11.4. The molecule has 0 radical (unpaired) electrons. The van der Waals surface area contributed by atoms with Crippen molar-refractivity contribution in [1.82, 2.24) is 34.4 Å². The van der Waals surface area contributed by atoms with Gasteiger partial charge in [0.15, 0.2) is 17.3 Å². The summed E-state index contributed by atoms with van der Waals surface area (Å²) in [5, 5.41) is 4.44. The second-order valence-corrected chi connectivity index (χ2v) is 9.08. The van der Waals surface area contributed by atoms with Crippen molar-refractivity contribution in [1.29, 1.82) is 0 Å². The van der Waals surface area contributed by atoms with Crippen LogP contribution in [-0.4, -0.2) is 58.7 Å². The number of hydrogen-bond donors (Lipinski definition) is 2. The van der Waals surface area contributed by atoms with E-state index in [9.17, 15) is 9.59 Å². The van der Waals surface area contributed by atoms with Gasteiger partial charge in [-0.15, -0.1) is 0 Å². The van der Waals surface area contributed by atoms with Crippen LogP contribution in [0.25, 0.3) is 28.3 Å². The molecule has 10 nitrogen and oxygen atoms in total. The minimum atomic E-state index is -0.131. The Morgan fingerprint density at radius 2 is 1.97 bits per heavy atom. The Labute approximate surface area is 195 Å². The van der Waals surface area contributed by atoms with E-state index in [-0.39, 0.29) is 23.8 Å². The van der Waals surface area contributed by atoms with Crippen LogP contribution in [0.3, 0.4) is 0 Å². The van der Waals surface area contributed by atoms with Gasteiger partial charge in [0.05, 0.1) is 17.5 Å². The molecule has 1 amide bonds. The van der Waals surface area contributed by atoms with Gasteiger partial charge in [-0.3, -0.25) is 14.6 Å². The summed E-state index contributed by atoms with van der Waals surface area (Å²) < 4.78 is 1.53. The van der Waals surface area contributed by atoms with E-state index in [0.717, 1.165) is 48.9 Å². The number of anilines is 1. The molecule has 2 fully saturated rings. The number of carbonyl (C=O) groups is 2. The molecule has 172 valence electrons. The summed E-state index contributed by atoms with van der Waals surface area (Å²) in [6, 6.07) is 4.20. The molecule has 3 N–H and O–H groups in total. The Hall–Kier alpha value is -4.08. The van der Waals surface area contributed by atoms with Gasteiger partial charge in [0, 0.05) is 47.7 Å². The quantitative estimate of drug-likeness (QED) is 0.348. The van der Waals surface area contributed by atoms with Crippen LogP contribution in [0.2, 0.25) is 0 Å². The van der Waals surface area contributed by atoms with E-state index >= 15 is 0 Å². The van der Waals surface area contributed by atoms with Gasteiger partial charge in [0.25, 0.3) is 0 Å². The van der Waals surface area contributed by atoms with E-state index in [1.54, 1.807) is 24.8 Å². The van der Waals surface area contributed by atoms with E-state index in [1.807, 2.05) is 17.0 Å². The van der Waals surface area contributed by atoms with Crippen molar-refractivity contribution in [2.24, 2.45) is 0 Å². The second kappa shape index (κ2) is 7.75. The molecule has 0 saturated carbocycles. The third-order valence-corrected chi connectivity index (χ3v) is 7.18. The Morgan fingerprint density at radius 3 is 2.59 bits per heavy atom. The first kappa shape index (κ1) is 20.5. The van der Waals surface area contributed by atoms with Crippen molar-refractivity contribution in [2.75, 3.05) is 5.73 Å². The van der Waals surface area contributed by atoms with E-state index in [1.165, 1.54) is 11.4 Å². The van der Waals surface area contributed by atoms with Crippen molar-refractivity contribution in [3.63, 3.8) is 0 Å². The van der Waals surface area contributed by atoms with Crippen LogP contribution in [0.5, 0.6) is 0 Å². The summed E-state index contributed by atoms with van der Waals surface area (Å²) in [5.74, 6) is 0.915. The minimum Gasteiger partial charge on any atom is -0.383 e. The lowest BCUT2D eigenvalue weighted by atomic mass is 9.85. The number of nitrogens with zero attached hydrogens (tertiary/aromatic N) is 6. The zero-order valence-corrected chi connectivity index (χ0v) is 18.7. The van der Waals surface area contributed by atoms with Crippen molar-refractivity contribution in [3.8, 4) is 22.6 Å². The SMILES string of the molecule is CC(=O)c1c(C2C[C@H]3CC[C@@H](C2)N3C=O)nc2c(-c3ccc(-c4ncc[nH]4)nc3)cnn2c1N. The molecule has 4 aromatic heterocycles. The van der Waals surface area contributed by atoms with Crippen LogP contribution >= 0.6 is 0 Å². The average molecular weight is 457 g/mol. The number of aromatic nitrogens is 6. The van der Waals surface area contributed by atoms with Crippen LogP contribution < -0.4 is 5.73 Å². The number of Topliss-reactive ketones (excluding diaryl/α,β-unsaturated/α-hetero) is 1. The average Bonchev–Trinajstić information content (AvgIpc) is 3.57. The fourth-order valence-corrected chi connectivity index (χ4v) is 5.60. The number of carbonyl (C=O) groups excluding carboxylic acids is 2. The maximum absolute atomic E-state index is 12.7. The number of piperidine rings is 1. The number of nitrogens with two attached hydrogens (primary N) is 1. The largest absolute Gasteiger partial charge is 0.383 e. The predicted octanol–water partition coefficient (Wildman–Crippen LogP) is 2.83. The molecule has 3 atom stereocenters. The Bertz CT molecular complexity index is 1380. The fraction of sp³-hybridized carbons (Fsp3) is 0.333. The smallest absolute Gasteiger partial charge is 0.210 e. The highest BCUT2D eigenvalue weighted by atomic mass is 16.1. The Balaban J connectivity index is 1.45. The molecule has 6 heterocycles. The lowest BCUT2D eigenvalue weighted by molar-refractivity contribution is -0.122. The number of nitrogens with one attached hydrogen (secondary N) is 1. The van der Waals surface area contributed by atoms with Crippen molar-refractivity contribution >= 4 is 23.7 Å². The number of aromatic amines is 1. The molecule has 6 rings (SSSR count). The van der Waals surface area contributed by atoms with Gasteiger partial charge >= 0.3 is 0 Å². The zero-order chi connectivity index (χ0) is 23.4. The third kappa shape index (κ3) is 3.09. The maximum atomic E-state index is 12.7. The molecular formula is C24H24N8O2. The van der Waals surface area contributed by atoms with E-state index in [4.69, 9.17) is 10.7 Å². The van der Waals surface area contributed by atoms with Gasteiger partial charge in [-0.1, -0.05) is 6.07 Å². The fourth-order valence-electron chi connectivity index (χ4n) is 5.60. The van der Waals surface area contributed by atoms with Gasteiger partial charge < -0.3 is 15.6 Å². The summed E-state index contributed by atoms with van der Waals surface area (Å²) in [6.07, 6.45) is 11.4. The van der Waals surface area contributed by atoms with Gasteiger partial charge in [-0.25, -0.2) is 9.97 Å².